The second-order valence-corrected chi connectivity index (χ2v) is 6.32. The zero-order valence-corrected chi connectivity index (χ0v) is 16.4. The van der Waals surface area contributed by atoms with Crippen molar-refractivity contribution in [3.05, 3.63) is 59.4 Å². The van der Waals surface area contributed by atoms with Gasteiger partial charge in [0.05, 0.1) is 18.4 Å². The van der Waals surface area contributed by atoms with Crippen molar-refractivity contribution in [3.63, 3.8) is 0 Å². The Hall–Kier alpha value is -3.35. The van der Waals surface area contributed by atoms with Gasteiger partial charge in [-0.05, 0) is 24.6 Å². The topological polar surface area (TPSA) is 73.1 Å². The number of methoxy groups -OCH3 is 1. The molecule has 0 aliphatic heterocycles. The summed E-state index contributed by atoms with van der Waals surface area (Å²) in [5.41, 5.74) is 2.62. The van der Waals surface area contributed by atoms with E-state index in [4.69, 9.17) is 9.47 Å². The minimum Gasteiger partial charge on any atom is -0.485 e. The number of carbonyl (C=O) groups is 2. The summed E-state index contributed by atoms with van der Waals surface area (Å²) in [5, 5.41) is 0. The van der Waals surface area contributed by atoms with Crippen molar-refractivity contribution < 1.29 is 19.1 Å². The van der Waals surface area contributed by atoms with Crippen molar-refractivity contribution in [2.24, 2.45) is 0 Å². The van der Waals surface area contributed by atoms with Gasteiger partial charge in [-0.1, -0.05) is 25.1 Å². The van der Waals surface area contributed by atoms with Crippen LogP contribution in [0.2, 0.25) is 0 Å². The number of imidazole rings is 1. The van der Waals surface area contributed by atoms with E-state index < -0.39 is 5.97 Å². The van der Waals surface area contributed by atoms with E-state index in [0.29, 0.717) is 23.4 Å². The molecule has 3 rings (SSSR count). The summed E-state index contributed by atoms with van der Waals surface area (Å²) < 4.78 is 12.7. The number of pyridine rings is 1. The molecule has 146 valence electrons. The maximum atomic E-state index is 12.0. The Balaban J connectivity index is 1.98. The van der Waals surface area contributed by atoms with Gasteiger partial charge >= 0.3 is 5.97 Å². The predicted octanol–water partition coefficient (Wildman–Crippen LogP) is 3.25. The molecule has 0 radical (unpaired) electrons. The van der Waals surface area contributed by atoms with Gasteiger partial charge in [-0.3, -0.25) is 14.1 Å². The summed E-state index contributed by atoms with van der Waals surface area (Å²) in [7, 11) is 3.08. The lowest BCUT2D eigenvalue weighted by atomic mass is 10.1. The number of nitrogens with zero attached hydrogens (tertiary/aromatic N) is 3. The van der Waals surface area contributed by atoms with Crippen molar-refractivity contribution in [2.45, 2.75) is 26.9 Å². The third-order valence-corrected chi connectivity index (χ3v) is 4.59. The first-order chi connectivity index (χ1) is 13.5. The number of aryl methyl sites for hydroxylation is 1. The number of aromatic nitrogens is 2. The van der Waals surface area contributed by atoms with Gasteiger partial charge in [-0.2, -0.15) is 0 Å². The smallest absolute Gasteiger partial charge is 0.338 e. The second-order valence-electron chi connectivity index (χ2n) is 6.32. The number of esters is 1. The molecule has 3 aromatic rings. The SMILES string of the molecule is CCc1nc2c(OCc3ccccc3C(=O)OC)cccn2c1N(C)C(C)=O. The number of fused-ring (bicyclic) bond motifs is 1. The van der Waals surface area contributed by atoms with Crippen molar-refractivity contribution in [3.8, 4) is 5.75 Å². The summed E-state index contributed by atoms with van der Waals surface area (Å²) in [6.07, 6.45) is 2.53. The highest BCUT2D eigenvalue weighted by molar-refractivity contribution is 5.91. The Kier molecular flexibility index (Phi) is 5.63. The Morgan fingerprint density at radius 3 is 2.61 bits per heavy atom. The molecule has 0 spiro atoms. The maximum absolute atomic E-state index is 12.0. The number of hydrogen-bond donors (Lipinski definition) is 0. The Bertz CT molecular complexity index is 1030. The Morgan fingerprint density at radius 2 is 1.93 bits per heavy atom. The van der Waals surface area contributed by atoms with Crippen LogP contribution in [0.25, 0.3) is 5.65 Å². The molecule has 28 heavy (non-hydrogen) atoms. The van der Waals surface area contributed by atoms with E-state index >= 15 is 0 Å². The molecule has 0 atom stereocenters. The highest BCUT2D eigenvalue weighted by atomic mass is 16.5. The van der Waals surface area contributed by atoms with Crippen molar-refractivity contribution in [1.29, 1.82) is 0 Å². The molecule has 0 fully saturated rings. The van der Waals surface area contributed by atoms with Crippen molar-refractivity contribution in [2.75, 3.05) is 19.1 Å². The van der Waals surface area contributed by atoms with Gasteiger partial charge in [0.2, 0.25) is 5.91 Å². The average molecular weight is 381 g/mol. The van der Waals surface area contributed by atoms with Crippen LogP contribution in [-0.4, -0.2) is 35.4 Å². The zero-order chi connectivity index (χ0) is 20.3. The Morgan fingerprint density at radius 1 is 1.18 bits per heavy atom. The molecule has 2 aromatic heterocycles. The number of carbonyl (C=O) groups excluding carboxylic acids is 2. The van der Waals surface area contributed by atoms with Crippen molar-refractivity contribution >= 4 is 23.3 Å². The second kappa shape index (κ2) is 8.12. The van der Waals surface area contributed by atoms with Crippen LogP contribution in [0.3, 0.4) is 0 Å². The van der Waals surface area contributed by atoms with E-state index in [9.17, 15) is 9.59 Å². The van der Waals surface area contributed by atoms with Crippen LogP contribution in [0.15, 0.2) is 42.6 Å². The van der Waals surface area contributed by atoms with Gasteiger partial charge in [0.1, 0.15) is 12.4 Å². The first-order valence-corrected chi connectivity index (χ1v) is 9.01. The van der Waals surface area contributed by atoms with Crippen LogP contribution in [-0.2, 0) is 22.6 Å². The van der Waals surface area contributed by atoms with Crippen molar-refractivity contribution in [1.82, 2.24) is 9.38 Å². The number of anilines is 1. The van der Waals surface area contributed by atoms with Gasteiger partial charge in [0.25, 0.3) is 0 Å². The lowest BCUT2D eigenvalue weighted by molar-refractivity contribution is -0.116. The fraction of sp³-hybridized carbons (Fsp3) is 0.286. The van der Waals surface area contributed by atoms with Gasteiger partial charge < -0.3 is 9.47 Å². The molecule has 0 saturated carbocycles. The van der Waals surface area contributed by atoms with E-state index in [2.05, 4.69) is 4.98 Å². The van der Waals surface area contributed by atoms with Gasteiger partial charge in [-0.15, -0.1) is 0 Å². The van der Waals surface area contributed by atoms with E-state index in [-0.39, 0.29) is 12.5 Å². The van der Waals surface area contributed by atoms with Gasteiger partial charge in [-0.25, -0.2) is 9.78 Å². The fourth-order valence-electron chi connectivity index (χ4n) is 3.04. The normalized spacial score (nSPS) is 10.7. The molecular weight excluding hydrogens is 358 g/mol. The fourth-order valence-corrected chi connectivity index (χ4v) is 3.04. The lowest BCUT2D eigenvalue weighted by Gasteiger charge is -2.16. The monoisotopic (exact) mass is 381 g/mol. The molecule has 7 heteroatoms. The molecule has 0 unspecified atom stereocenters. The molecule has 0 saturated heterocycles. The molecule has 0 aliphatic rings. The summed E-state index contributed by atoms with van der Waals surface area (Å²) in [5.74, 6) is 0.817. The molecule has 1 amide bonds. The minimum absolute atomic E-state index is 0.0742. The van der Waals surface area contributed by atoms with Crippen LogP contribution in [0.4, 0.5) is 5.82 Å². The highest BCUT2D eigenvalue weighted by Crippen LogP contribution is 2.28. The molecule has 7 nitrogen and oxygen atoms in total. The van der Waals surface area contributed by atoms with E-state index in [1.54, 1.807) is 24.1 Å². The molecule has 1 aromatic carbocycles. The number of rotatable bonds is 6. The largest absolute Gasteiger partial charge is 0.485 e. The number of amides is 1. The van der Waals surface area contributed by atoms with Gasteiger partial charge in [0.15, 0.2) is 11.4 Å². The van der Waals surface area contributed by atoms with Gasteiger partial charge in [0, 0.05) is 25.7 Å². The maximum Gasteiger partial charge on any atom is 0.338 e. The standard InChI is InChI=1S/C21H23N3O4/c1-5-17-20(23(3)14(2)25)24-12-8-11-18(19(24)22-17)28-13-15-9-6-7-10-16(15)21(26)27-4/h6-12H,5,13H2,1-4H3. The van der Waals surface area contributed by atoms with E-state index in [1.807, 2.05) is 41.8 Å². The van der Waals surface area contributed by atoms with Crippen LogP contribution >= 0.6 is 0 Å². The zero-order valence-electron chi connectivity index (χ0n) is 16.4. The van der Waals surface area contributed by atoms with Crippen LogP contribution in [0.1, 0.15) is 35.5 Å². The highest BCUT2D eigenvalue weighted by Gasteiger charge is 2.20. The van der Waals surface area contributed by atoms with E-state index in [0.717, 1.165) is 17.1 Å². The molecule has 0 aliphatic carbocycles. The van der Waals surface area contributed by atoms with Crippen LogP contribution < -0.4 is 9.64 Å². The quantitative estimate of drug-likeness (QED) is 0.613. The average Bonchev–Trinajstić information content (AvgIpc) is 3.10. The summed E-state index contributed by atoms with van der Waals surface area (Å²) in [6, 6.07) is 10.8. The lowest BCUT2D eigenvalue weighted by Crippen LogP contribution is -2.25. The Labute approximate surface area is 163 Å². The third kappa shape index (κ3) is 3.55. The van der Waals surface area contributed by atoms with E-state index in [1.165, 1.54) is 14.0 Å². The molecule has 0 N–H and O–H groups in total. The summed E-state index contributed by atoms with van der Waals surface area (Å²) in [6.45, 7) is 3.70. The number of hydrogen-bond acceptors (Lipinski definition) is 5. The minimum atomic E-state index is -0.406. The summed E-state index contributed by atoms with van der Waals surface area (Å²) >= 11 is 0. The first kappa shape index (κ1) is 19.4. The number of ether oxygens (including phenoxy) is 2. The number of benzene rings is 1. The first-order valence-electron chi connectivity index (χ1n) is 9.01. The van der Waals surface area contributed by atoms with Crippen LogP contribution in [0, 0.1) is 0 Å². The predicted molar refractivity (Wildman–Crippen MR) is 106 cm³/mol. The molecular formula is C21H23N3O4. The van der Waals surface area contributed by atoms with Crippen LogP contribution in [0.5, 0.6) is 5.75 Å². The summed E-state index contributed by atoms with van der Waals surface area (Å²) in [4.78, 5) is 30.1. The molecule has 0 bridgehead atoms. The third-order valence-electron chi connectivity index (χ3n) is 4.59. The molecule has 2 heterocycles.